The van der Waals surface area contributed by atoms with Crippen molar-refractivity contribution in [2.75, 3.05) is 33.4 Å². The second kappa shape index (κ2) is 8.14. The van der Waals surface area contributed by atoms with Crippen LogP contribution in [-0.2, 0) is 4.74 Å². The van der Waals surface area contributed by atoms with Gasteiger partial charge in [-0.15, -0.1) is 0 Å². The van der Waals surface area contributed by atoms with Crippen molar-refractivity contribution in [2.24, 2.45) is 5.92 Å². The highest BCUT2D eigenvalue weighted by molar-refractivity contribution is 6.43. The molecule has 0 radical (unpaired) electrons. The number of likely N-dealkylation sites (tertiary alicyclic amines) is 1. The van der Waals surface area contributed by atoms with Gasteiger partial charge in [-0.2, -0.15) is 0 Å². The zero-order chi connectivity index (χ0) is 15.2. The Balaban J connectivity index is 1.87. The third-order valence-corrected chi connectivity index (χ3v) is 4.73. The average molecular weight is 330 g/mol. The molecule has 3 nitrogen and oxygen atoms in total. The minimum Gasteiger partial charge on any atom is -0.384 e. The maximum atomic E-state index is 12.3. The predicted molar refractivity (Wildman–Crippen MR) is 86.4 cm³/mol. The number of halogens is 2. The molecule has 2 rings (SSSR count). The number of Topliss-reactive ketones (excluding diaryl/α,β-unsaturated/α-hetero) is 1. The van der Waals surface area contributed by atoms with Crippen LogP contribution in [0.3, 0.4) is 0 Å². The highest BCUT2D eigenvalue weighted by atomic mass is 35.5. The molecular formula is C16H21Cl2NO2. The Labute approximate surface area is 136 Å². The van der Waals surface area contributed by atoms with Gasteiger partial charge in [-0.3, -0.25) is 4.79 Å². The lowest BCUT2D eigenvalue weighted by Gasteiger charge is -2.32. The van der Waals surface area contributed by atoms with Crippen LogP contribution in [0.4, 0.5) is 0 Å². The van der Waals surface area contributed by atoms with Crippen LogP contribution >= 0.6 is 23.2 Å². The SMILES string of the molecule is COCC1CCCN(CCC(=O)c2cccc(Cl)c2Cl)C1. The average Bonchev–Trinajstić information content (AvgIpc) is 2.48. The molecule has 1 aromatic carbocycles. The van der Waals surface area contributed by atoms with Crippen molar-refractivity contribution in [3.8, 4) is 0 Å². The van der Waals surface area contributed by atoms with E-state index in [1.807, 2.05) is 0 Å². The molecule has 0 amide bonds. The highest BCUT2D eigenvalue weighted by Crippen LogP contribution is 2.26. The van der Waals surface area contributed by atoms with E-state index in [2.05, 4.69) is 4.90 Å². The first-order valence-electron chi connectivity index (χ1n) is 7.30. The van der Waals surface area contributed by atoms with E-state index in [4.69, 9.17) is 27.9 Å². The maximum absolute atomic E-state index is 12.3. The Hall–Kier alpha value is -0.610. The van der Waals surface area contributed by atoms with Gasteiger partial charge in [-0.1, -0.05) is 29.3 Å². The van der Waals surface area contributed by atoms with Gasteiger partial charge < -0.3 is 9.64 Å². The molecule has 21 heavy (non-hydrogen) atoms. The van der Waals surface area contributed by atoms with Crippen LogP contribution in [0.1, 0.15) is 29.6 Å². The van der Waals surface area contributed by atoms with Crippen LogP contribution in [0.25, 0.3) is 0 Å². The lowest BCUT2D eigenvalue weighted by atomic mass is 9.98. The fraction of sp³-hybridized carbons (Fsp3) is 0.562. The highest BCUT2D eigenvalue weighted by Gasteiger charge is 2.21. The van der Waals surface area contributed by atoms with Crippen molar-refractivity contribution in [1.82, 2.24) is 4.90 Å². The van der Waals surface area contributed by atoms with Gasteiger partial charge in [0.15, 0.2) is 5.78 Å². The van der Waals surface area contributed by atoms with E-state index in [9.17, 15) is 4.79 Å². The van der Waals surface area contributed by atoms with Gasteiger partial charge in [-0.05, 0) is 37.4 Å². The molecule has 0 aromatic heterocycles. The Morgan fingerprint density at radius 3 is 3.00 bits per heavy atom. The summed E-state index contributed by atoms with van der Waals surface area (Å²) < 4.78 is 5.23. The number of piperidine rings is 1. The van der Waals surface area contributed by atoms with Gasteiger partial charge in [0.05, 0.1) is 16.7 Å². The Kier molecular flexibility index (Phi) is 6.49. The summed E-state index contributed by atoms with van der Waals surface area (Å²) in [5.41, 5.74) is 0.523. The fourth-order valence-corrected chi connectivity index (χ4v) is 3.25. The molecule has 1 aliphatic rings. The molecule has 1 fully saturated rings. The molecule has 116 valence electrons. The zero-order valence-corrected chi connectivity index (χ0v) is 13.8. The molecule has 0 saturated carbocycles. The molecular weight excluding hydrogens is 309 g/mol. The zero-order valence-electron chi connectivity index (χ0n) is 12.3. The lowest BCUT2D eigenvalue weighted by Crippen LogP contribution is -2.38. The number of hydrogen-bond donors (Lipinski definition) is 0. The lowest BCUT2D eigenvalue weighted by molar-refractivity contribution is 0.0831. The van der Waals surface area contributed by atoms with Crippen LogP contribution in [-0.4, -0.2) is 44.0 Å². The third-order valence-electron chi connectivity index (χ3n) is 3.91. The first-order valence-corrected chi connectivity index (χ1v) is 8.06. The Morgan fingerprint density at radius 1 is 1.43 bits per heavy atom. The van der Waals surface area contributed by atoms with Gasteiger partial charge in [0.1, 0.15) is 0 Å². The number of ketones is 1. The van der Waals surface area contributed by atoms with Crippen LogP contribution in [0.5, 0.6) is 0 Å². The molecule has 1 heterocycles. The van der Waals surface area contributed by atoms with Crippen molar-refractivity contribution in [1.29, 1.82) is 0 Å². The third kappa shape index (κ3) is 4.68. The van der Waals surface area contributed by atoms with Crippen molar-refractivity contribution >= 4 is 29.0 Å². The van der Waals surface area contributed by atoms with E-state index in [0.717, 1.165) is 26.2 Å². The molecule has 1 aromatic rings. The van der Waals surface area contributed by atoms with Crippen LogP contribution in [0.15, 0.2) is 18.2 Å². The molecule has 1 atom stereocenters. The summed E-state index contributed by atoms with van der Waals surface area (Å²) >= 11 is 12.0. The van der Waals surface area contributed by atoms with E-state index < -0.39 is 0 Å². The molecule has 1 unspecified atom stereocenters. The van der Waals surface area contributed by atoms with Gasteiger partial charge in [-0.25, -0.2) is 0 Å². The molecule has 1 saturated heterocycles. The fourth-order valence-electron chi connectivity index (χ4n) is 2.84. The molecule has 5 heteroatoms. The van der Waals surface area contributed by atoms with Gasteiger partial charge in [0, 0.05) is 32.2 Å². The summed E-state index contributed by atoms with van der Waals surface area (Å²) in [6.07, 6.45) is 2.85. The minimum absolute atomic E-state index is 0.0522. The summed E-state index contributed by atoms with van der Waals surface area (Å²) in [6, 6.07) is 5.19. The first kappa shape index (κ1) is 16.8. The number of carbonyl (C=O) groups is 1. The van der Waals surface area contributed by atoms with E-state index in [-0.39, 0.29) is 5.78 Å². The molecule has 0 bridgehead atoms. The second-order valence-corrected chi connectivity index (χ2v) is 6.32. The summed E-state index contributed by atoms with van der Waals surface area (Å²) in [7, 11) is 1.74. The topological polar surface area (TPSA) is 29.5 Å². The van der Waals surface area contributed by atoms with Gasteiger partial charge in [0.2, 0.25) is 0 Å². The van der Waals surface area contributed by atoms with Crippen LogP contribution in [0, 0.1) is 5.92 Å². The summed E-state index contributed by atoms with van der Waals surface area (Å²) in [6.45, 7) is 3.62. The van der Waals surface area contributed by atoms with Crippen LogP contribution in [0.2, 0.25) is 10.0 Å². The number of carbonyl (C=O) groups excluding carboxylic acids is 1. The number of benzene rings is 1. The minimum atomic E-state index is 0.0522. The molecule has 0 aliphatic carbocycles. The Bertz CT molecular complexity index is 491. The number of hydrogen-bond acceptors (Lipinski definition) is 3. The van der Waals surface area contributed by atoms with Crippen LogP contribution < -0.4 is 0 Å². The Morgan fingerprint density at radius 2 is 2.24 bits per heavy atom. The van der Waals surface area contributed by atoms with E-state index in [1.54, 1.807) is 25.3 Å². The van der Waals surface area contributed by atoms with Crippen molar-refractivity contribution in [3.63, 3.8) is 0 Å². The van der Waals surface area contributed by atoms with Gasteiger partial charge in [0.25, 0.3) is 0 Å². The monoisotopic (exact) mass is 329 g/mol. The van der Waals surface area contributed by atoms with E-state index in [1.165, 1.54) is 12.8 Å². The van der Waals surface area contributed by atoms with Crippen molar-refractivity contribution in [3.05, 3.63) is 33.8 Å². The molecule has 0 N–H and O–H groups in total. The van der Waals surface area contributed by atoms with Crippen molar-refractivity contribution < 1.29 is 9.53 Å². The maximum Gasteiger partial charge on any atom is 0.165 e. The van der Waals surface area contributed by atoms with E-state index >= 15 is 0 Å². The second-order valence-electron chi connectivity index (χ2n) is 5.54. The largest absolute Gasteiger partial charge is 0.384 e. The summed E-state index contributed by atoms with van der Waals surface area (Å²) in [4.78, 5) is 14.6. The number of rotatable bonds is 6. The number of nitrogens with zero attached hydrogens (tertiary/aromatic N) is 1. The summed E-state index contributed by atoms with van der Waals surface area (Å²) in [5.74, 6) is 0.630. The normalized spacial score (nSPS) is 19.7. The number of ether oxygens (including phenoxy) is 1. The van der Waals surface area contributed by atoms with Gasteiger partial charge >= 0.3 is 0 Å². The predicted octanol–water partition coefficient (Wildman–Crippen LogP) is 3.92. The first-order chi connectivity index (χ1) is 10.1. The van der Waals surface area contributed by atoms with E-state index in [0.29, 0.717) is 27.9 Å². The summed E-state index contributed by atoms with van der Waals surface area (Å²) in [5, 5.41) is 0.792. The molecule has 0 spiro atoms. The smallest absolute Gasteiger partial charge is 0.165 e. The number of methoxy groups -OCH3 is 1. The molecule has 1 aliphatic heterocycles. The standard InChI is InChI=1S/C16H21Cl2NO2/c1-21-11-12-4-3-8-19(10-12)9-7-15(20)13-5-2-6-14(17)16(13)18/h2,5-6,12H,3-4,7-11H2,1H3. The van der Waals surface area contributed by atoms with Crippen molar-refractivity contribution in [2.45, 2.75) is 19.3 Å². The quantitative estimate of drug-likeness (QED) is 0.740.